The number of carbonyl (C=O) groups excluding carboxylic acids is 1. The standard InChI is InChI=1S/C17H19ClFN3O/c1-2-15-20-8-10-22(15)12-5-4-9-21(11-12)17(23)16-13(18)6-3-7-14(16)19/h3,6-8,10,12H,2,4-5,9,11H2,1H3/t12-/m0/s1. The smallest absolute Gasteiger partial charge is 0.258 e. The average Bonchev–Trinajstić information content (AvgIpc) is 3.03. The van der Waals surface area contributed by atoms with Crippen LogP contribution in [0.4, 0.5) is 4.39 Å². The van der Waals surface area contributed by atoms with Crippen LogP contribution in [0.1, 0.15) is 42.0 Å². The van der Waals surface area contributed by atoms with E-state index in [1.807, 2.05) is 6.20 Å². The summed E-state index contributed by atoms with van der Waals surface area (Å²) < 4.78 is 16.1. The third-order valence-electron chi connectivity index (χ3n) is 4.32. The van der Waals surface area contributed by atoms with Gasteiger partial charge >= 0.3 is 0 Å². The molecule has 2 heterocycles. The first-order valence-corrected chi connectivity index (χ1v) is 8.24. The fraction of sp³-hybridized carbons (Fsp3) is 0.412. The van der Waals surface area contributed by atoms with E-state index in [0.29, 0.717) is 13.1 Å². The van der Waals surface area contributed by atoms with E-state index in [1.165, 1.54) is 12.1 Å². The van der Waals surface area contributed by atoms with Crippen LogP contribution < -0.4 is 0 Å². The van der Waals surface area contributed by atoms with Crippen molar-refractivity contribution >= 4 is 17.5 Å². The second kappa shape index (κ2) is 6.71. The summed E-state index contributed by atoms with van der Waals surface area (Å²) in [7, 11) is 0. The van der Waals surface area contributed by atoms with E-state index in [-0.39, 0.29) is 22.5 Å². The normalized spacial score (nSPS) is 18.2. The Hall–Kier alpha value is -1.88. The SMILES string of the molecule is CCc1nccn1[C@H]1CCCN(C(=O)c2c(F)cccc2Cl)C1. The molecule has 0 unspecified atom stereocenters. The second-order valence-corrected chi connectivity index (χ2v) is 6.16. The van der Waals surface area contributed by atoms with Crippen molar-refractivity contribution in [3.63, 3.8) is 0 Å². The van der Waals surface area contributed by atoms with Crippen molar-refractivity contribution in [2.45, 2.75) is 32.2 Å². The number of hydrogen-bond acceptors (Lipinski definition) is 2. The quantitative estimate of drug-likeness (QED) is 0.857. The molecule has 4 nitrogen and oxygen atoms in total. The minimum Gasteiger partial charge on any atom is -0.336 e. The molecule has 6 heteroatoms. The van der Waals surface area contributed by atoms with Gasteiger partial charge in [-0.15, -0.1) is 0 Å². The van der Waals surface area contributed by atoms with Crippen LogP contribution >= 0.6 is 11.6 Å². The lowest BCUT2D eigenvalue weighted by Gasteiger charge is -2.34. The van der Waals surface area contributed by atoms with Gasteiger partial charge in [-0.3, -0.25) is 4.79 Å². The monoisotopic (exact) mass is 335 g/mol. The number of aromatic nitrogens is 2. The number of halogens is 2. The lowest BCUT2D eigenvalue weighted by Crippen LogP contribution is -2.41. The van der Waals surface area contributed by atoms with E-state index in [0.717, 1.165) is 25.1 Å². The lowest BCUT2D eigenvalue weighted by molar-refractivity contribution is 0.0673. The van der Waals surface area contributed by atoms with Gasteiger partial charge in [-0.1, -0.05) is 24.6 Å². The van der Waals surface area contributed by atoms with Crippen LogP contribution in [-0.2, 0) is 6.42 Å². The molecule has 0 aliphatic carbocycles. The molecule has 0 saturated carbocycles. The minimum absolute atomic E-state index is 0.0313. The van der Waals surface area contributed by atoms with Gasteiger partial charge in [0.1, 0.15) is 11.6 Å². The Morgan fingerprint density at radius 2 is 2.30 bits per heavy atom. The number of imidazole rings is 1. The maximum Gasteiger partial charge on any atom is 0.258 e. The largest absolute Gasteiger partial charge is 0.336 e. The maximum atomic E-state index is 14.0. The van der Waals surface area contributed by atoms with Crippen molar-refractivity contribution in [1.29, 1.82) is 0 Å². The van der Waals surface area contributed by atoms with Crippen molar-refractivity contribution in [1.82, 2.24) is 14.5 Å². The number of piperidine rings is 1. The number of nitrogens with zero attached hydrogens (tertiary/aromatic N) is 3. The first-order valence-electron chi connectivity index (χ1n) is 7.86. The molecule has 1 aliphatic heterocycles. The molecule has 1 amide bonds. The zero-order valence-electron chi connectivity index (χ0n) is 13.0. The third-order valence-corrected chi connectivity index (χ3v) is 4.63. The highest BCUT2D eigenvalue weighted by Crippen LogP contribution is 2.27. The topological polar surface area (TPSA) is 38.1 Å². The van der Waals surface area contributed by atoms with Crippen LogP contribution in [0.15, 0.2) is 30.6 Å². The van der Waals surface area contributed by atoms with Gasteiger partial charge in [-0.2, -0.15) is 0 Å². The highest BCUT2D eigenvalue weighted by atomic mass is 35.5. The van der Waals surface area contributed by atoms with E-state index in [4.69, 9.17) is 11.6 Å². The Morgan fingerprint density at radius 1 is 1.48 bits per heavy atom. The number of amides is 1. The summed E-state index contributed by atoms with van der Waals surface area (Å²) in [5.41, 5.74) is -0.0313. The summed E-state index contributed by atoms with van der Waals surface area (Å²) in [6.45, 7) is 3.23. The van der Waals surface area contributed by atoms with Crippen molar-refractivity contribution in [2.75, 3.05) is 13.1 Å². The molecule has 1 saturated heterocycles. The Morgan fingerprint density at radius 3 is 3.04 bits per heavy atom. The summed E-state index contributed by atoms with van der Waals surface area (Å²) in [6, 6.07) is 4.50. The molecule has 122 valence electrons. The van der Waals surface area contributed by atoms with E-state index < -0.39 is 5.82 Å². The van der Waals surface area contributed by atoms with Gasteiger partial charge in [0.15, 0.2) is 0 Å². The van der Waals surface area contributed by atoms with Gasteiger partial charge in [0.05, 0.1) is 16.6 Å². The zero-order valence-corrected chi connectivity index (χ0v) is 13.8. The molecule has 1 aliphatic rings. The predicted octanol–water partition coefficient (Wildman–Crippen LogP) is 3.72. The van der Waals surface area contributed by atoms with Crippen LogP contribution in [0.3, 0.4) is 0 Å². The van der Waals surface area contributed by atoms with Crippen LogP contribution in [0.25, 0.3) is 0 Å². The van der Waals surface area contributed by atoms with E-state index in [1.54, 1.807) is 17.2 Å². The summed E-state index contributed by atoms with van der Waals surface area (Å²) in [5.74, 6) is 0.102. The van der Waals surface area contributed by atoms with Crippen molar-refractivity contribution in [3.05, 3.63) is 52.8 Å². The Labute approximate surface area is 139 Å². The van der Waals surface area contributed by atoms with Crippen LogP contribution in [0.2, 0.25) is 5.02 Å². The Kier molecular flexibility index (Phi) is 4.66. The number of carbonyl (C=O) groups is 1. The molecular formula is C17H19ClFN3O. The molecule has 3 rings (SSSR count). The van der Waals surface area contributed by atoms with Crippen molar-refractivity contribution < 1.29 is 9.18 Å². The summed E-state index contributed by atoms with van der Waals surface area (Å²) in [6.07, 6.45) is 6.44. The Balaban J connectivity index is 1.82. The number of likely N-dealkylation sites (tertiary alicyclic amines) is 1. The maximum absolute atomic E-state index is 14.0. The highest BCUT2D eigenvalue weighted by Gasteiger charge is 2.28. The summed E-state index contributed by atoms with van der Waals surface area (Å²) in [4.78, 5) is 18.7. The molecule has 0 N–H and O–H groups in total. The van der Waals surface area contributed by atoms with Gasteiger partial charge in [-0.25, -0.2) is 9.37 Å². The molecule has 0 spiro atoms. The summed E-state index contributed by atoms with van der Waals surface area (Å²) >= 11 is 6.02. The zero-order chi connectivity index (χ0) is 16.4. The van der Waals surface area contributed by atoms with Gasteiger partial charge in [0.25, 0.3) is 5.91 Å². The van der Waals surface area contributed by atoms with Crippen LogP contribution in [0, 0.1) is 5.82 Å². The molecule has 1 fully saturated rings. The predicted molar refractivity (Wildman–Crippen MR) is 87.2 cm³/mol. The lowest BCUT2D eigenvalue weighted by atomic mass is 10.0. The fourth-order valence-corrected chi connectivity index (χ4v) is 3.42. The minimum atomic E-state index is -0.568. The van der Waals surface area contributed by atoms with E-state index in [9.17, 15) is 9.18 Å². The molecule has 1 atom stereocenters. The van der Waals surface area contributed by atoms with Crippen molar-refractivity contribution in [2.24, 2.45) is 0 Å². The third kappa shape index (κ3) is 3.11. The first kappa shape index (κ1) is 16.0. The van der Waals surface area contributed by atoms with Crippen LogP contribution in [0.5, 0.6) is 0 Å². The Bertz CT molecular complexity index is 695. The van der Waals surface area contributed by atoms with Gasteiger partial charge < -0.3 is 9.47 Å². The second-order valence-electron chi connectivity index (χ2n) is 5.75. The molecule has 23 heavy (non-hydrogen) atoms. The molecule has 0 radical (unpaired) electrons. The number of benzene rings is 1. The van der Waals surface area contributed by atoms with Crippen LogP contribution in [-0.4, -0.2) is 33.4 Å². The fourth-order valence-electron chi connectivity index (χ4n) is 3.18. The number of hydrogen-bond donors (Lipinski definition) is 0. The molecule has 2 aromatic rings. The van der Waals surface area contributed by atoms with Gasteiger partial charge in [-0.05, 0) is 25.0 Å². The average molecular weight is 336 g/mol. The number of rotatable bonds is 3. The van der Waals surface area contributed by atoms with Gasteiger partial charge in [0, 0.05) is 31.9 Å². The van der Waals surface area contributed by atoms with E-state index >= 15 is 0 Å². The van der Waals surface area contributed by atoms with Crippen molar-refractivity contribution in [3.8, 4) is 0 Å². The van der Waals surface area contributed by atoms with Gasteiger partial charge in [0.2, 0.25) is 0 Å². The molecule has 0 bridgehead atoms. The molecular weight excluding hydrogens is 317 g/mol. The number of aryl methyl sites for hydroxylation is 1. The first-order chi connectivity index (χ1) is 11.1. The molecule has 1 aromatic carbocycles. The highest BCUT2D eigenvalue weighted by molar-refractivity contribution is 6.33. The molecule has 1 aromatic heterocycles. The van der Waals surface area contributed by atoms with E-state index in [2.05, 4.69) is 16.5 Å². The summed E-state index contributed by atoms with van der Waals surface area (Å²) in [5, 5.41) is 0.161.